The molecule has 1 fully saturated rings. The highest BCUT2D eigenvalue weighted by atomic mass is 16.2. The van der Waals surface area contributed by atoms with E-state index < -0.39 is 6.04 Å². The van der Waals surface area contributed by atoms with Crippen LogP contribution in [-0.4, -0.2) is 60.6 Å². The number of nitrogens with zero attached hydrogens (tertiary/aromatic N) is 2. The molecule has 1 heterocycles. The fraction of sp³-hybridized carbons (Fsp3) is 0.579. The number of rotatable bonds is 8. The van der Waals surface area contributed by atoms with Gasteiger partial charge in [0.2, 0.25) is 5.91 Å². The van der Waals surface area contributed by atoms with Crippen LogP contribution in [0, 0.1) is 5.41 Å². The van der Waals surface area contributed by atoms with Crippen LogP contribution in [0.4, 0.5) is 0 Å². The number of carbonyl (C=O) groups is 1. The molecule has 2 atom stereocenters. The van der Waals surface area contributed by atoms with Gasteiger partial charge in [-0.2, -0.15) is 0 Å². The molecule has 1 amide bonds. The Balaban J connectivity index is 1.87. The predicted octanol–water partition coefficient (Wildman–Crippen LogP) is 0.700. The molecule has 0 aliphatic carbocycles. The summed E-state index contributed by atoms with van der Waals surface area (Å²) in [5.41, 5.74) is 12.7. The molecular formula is C19H32N6O. The molecule has 1 saturated heterocycles. The van der Waals surface area contributed by atoms with E-state index in [0.717, 1.165) is 37.8 Å². The van der Waals surface area contributed by atoms with Crippen molar-refractivity contribution in [2.75, 3.05) is 26.7 Å². The van der Waals surface area contributed by atoms with E-state index in [0.29, 0.717) is 25.5 Å². The van der Waals surface area contributed by atoms with Gasteiger partial charge >= 0.3 is 0 Å². The number of amides is 1. The van der Waals surface area contributed by atoms with Crippen LogP contribution >= 0.6 is 0 Å². The van der Waals surface area contributed by atoms with Gasteiger partial charge in [-0.25, -0.2) is 0 Å². The van der Waals surface area contributed by atoms with Crippen molar-refractivity contribution in [3.8, 4) is 0 Å². The second-order valence-corrected chi connectivity index (χ2v) is 6.90. The second-order valence-electron chi connectivity index (χ2n) is 6.90. The lowest BCUT2D eigenvalue weighted by Gasteiger charge is -2.31. The number of hydrogen-bond donors (Lipinski definition) is 4. The van der Waals surface area contributed by atoms with Crippen molar-refractivity contribution in [2.24, 2.45) is 11.5 Å². The normalized spacial score (nSPS) is 17.8. The van der Waals surface area contributed by atoms with Crippen molar-refractivity contribution >= 4 is 11.9 Å². The highest BCUT2D eigenvalue weighted by molar-refractivity contribution is 5.83. The maximum absolute atomic E-state index is 12.8. The van der Waals surface area contributed by atoms with Crippen molar-refractivity contribution in [1.82, 2.24) is 15.1 Å². The van der Waals surface area contributed by atoms with E-state index in [1.54, 1.807) is 4.90 Å². The minimum atomic E-state index is -0.559. The van der Waals surface area contributed by atoms with Crippen LogP contribution in [0.1, 0.15) is 31.2 Å². The standard InChI is InChI=1S/C19H32N6O/c1-24(12-6-5-11-20)19(22)23-17-10-7-13-25(17)18(26)16(21)14-15-8-3-2-4-9-15/h2-4,8-9,16-17H,5-7,10-14,20-21H2,1H3,(H2,22,23)/t16-,17?/m1/s1. The second kappa shape index (κ2) is 10.1. The number of unbranched alkanes of at least 4 members (excludes halogenated alkanes) is 1. The van der Waals surface area contributed by atoms with Crippen LogP contribution in [0.25, 0.3) is 0 Å². The molecule has 144 valence electrons. The van der Waals surface area contributed by atoms with Gasteiger partial charge in [0, 0.05) is 20.1 Å². The van der Waals surface area contributed by atoms with Crippen molar-refractivity contribution < 1.29 is 4.79 Å². The van der Waals surface area contributed by atoms with Crippen molar-refractivity contribution in [3.63, 3.8) is 0 Å². The van der Waals surface area contributed by atoms with E-state index in [4.69, 9.17) is 16.9 Å². The van der Waals surface area contributed by atoms with Crippen molar-refractivity contribution in [3.05, 3.63) is 35.9 Å². The third kappa shape index (κ3) is 5.71. The number of likely N-dealkylation sites (tertiary alicyclic amines) is 1. The van der Waals surface area contributed by atoms with E-state index >= 15 is 0 Å². The number of benzene rings is 1. The molecule has 1 aliphatic rings. The van der Waals surface area contributed by atoms with E-state index in [-0.39, 0.29) is 12.1 Å². The summed E-state index contributed by atoms with van der Waals surface area (Å²) in [5, 5.41) is 11.4. The highest BCUT2D eigenvalue weighted by Crippen LogP contribution is 2.17. The Morgan fingerprint density at radius 1 is 1.38 bits per heavy atom. The molecule has 1 unspecified atom stereocenters. The molecule has 0 spiro atoms. The van der Waals surface area contributed by atoms with Gasteiger partial charge in [-0.15, -0.1) is 0 Å². The van der Waals surface area contributed by atoms with Gasteiger partial charge in [-0.1, -0.05) is 30.3 Å². The maximum atomic E-state index is 12.8. The minimum absolute atomic E-state index is 0.0533. The molecule has 1 aromatic rings. The molecule has 0 aromatic heterocycles. The lowest BCUT2D eigenvalue weighted by atomic mass is 10.1. The fourth-order valence-electron chi connectivity index (χ4n) is 3.22. The predicted molar refractivity (Wildman–Crippen MR) is 105 cm³/mol. The molecular weight excluding hydrogens is 328 g/mol. The van der Waals surface area contributed by atoms with Crippen LogP contribution in [-0.2, 0) is 11.2 Å². The summed E-state index contributed by atoms with van der Waals surface area (Å²) >= 11 is 0. The van der Waals surface area contributed by atoms with Crippen LogP contribution < -0.4 is 16.8 Å². The molecule has 0 bridgehead atoms. The third-order valence-electron chi connectivity index (χ3n) is 4.78. The van der Waals surface area contributed by atoms with Crippen LogP contribution in [0.3, 0.4) is 0 Å². The highest BCUT2D eigenvalue weighted by Gasteiger charge is 2.32. The number of hydrogen-bond acceptors (Lipinski definition) is 4. The largest absolute Gasteiger partial charge is 0.346 e. The first-order valence-corrected chi connectivity index (χ1v) is 9.39. The van der Waals surface area contributed by atoms with Crippen molar-refractivity contribution in [2.45, 2.75) is 44.3 Å². The third-order valence-corrected chi connectivity index (χ3v) is 4.78. The summed E-state index contributed by atoms with van der Waals surface area (Å²) in [5.74, 6) is 0.283. The minimum Gasteiger partial charge on any atom is -0.346 e. The zero-order valence-corrected chi connectivity index (χ0v) is 15.7. The van der Waals surface area contributed by atoms with Gasteiger partial charge in [0.15, 0.2) is 5.96 Å². The van der Waals surface area contributed by atoms with Crippen molar-refractivity contribution in [1.29, 1.82) is 5.41 Å². The summed E-state index contributed by atoms with van der Waals surface area (Å²) in [4.78, 5) is 16.4. The quantitative estimate of drug-likeness (QED) is 0.310. The summed E-state index contributed by atoms with van der Waals surface area (Å²) < 4.78 is 0. The molecule has 26 heavy (non-hydrogen) atoms. The molecule has 1 aliphatic heterocycles. The van der Waals surface area contributed by atoms with Gasteiger partial charge in [0.05, 0.1) is 6.04 Å². The summed E-state index contributed by atoms with van der Waals surface area (Å²) in [7, 11) is 1.88. The maximum Gasteiger partial charge on any atom is 0.241 e. The summed E-state index contributed by atoms with van der Waals surface area (Å²) in [6, 6.07) is 9.27. The average molecular weight is 361 g/mol. The molecule has 7 heteroatoms. The Bertz CT molecular complexity index is 579. The Morgan fingerprint density at radius 2 is 2.12 bits per heavy atom. The molecule has 0 radical (unpaired) electrons. The molecule has 0 saturated carbocycles. The Hall–Kier alpha value is -2.12. The van der Waals surface area contributed by atoms with E-state index in [1.807, 2.05) is 42.3 Å². The first-order valence-electron chi connectivity index (χ1n) is 9.39. The Morgan fingerprint density at radius 3 is 2.81 bits per heavy atom. The Kier molecular flexibility index (Phi) is 7.87. The smallest absolute Gasteiger partial charge is 0.241 e. The van der Waals surface area contributed by atoms with Crippen LogP contribution in [0.15, 0.2) is 30.3 Å². The van der Waals surface area contributed by atoms with Crippen LogP contribution in [0.5, 0.6) is 0 Å². The monoisotopic (exact) mass is 360 g/mol. The van der Waals surface area contributed by atoms with Gasteiger partial charge < -0.3 is 26.6 Å². The first-order chi connectivity index (χ1) is 12.5. The van der Waals surface area contributed by atoms with Gasteiger partial charge in [0.1, 0.15) is 6.17 Å². The fourth-order valence-corrected chi connectivity index (χ4v) is 3.22. The lowest BCUT2D eigenvalue weighted by Crippen LogP contribution is -2.54. The first kappa shape index (κ1) is 20.2. The number of nitrogens with one attached hydrogen (secondary N) is 2. The van der Waals surface area contributed by atoms with Crippen LogP contribution in [0.2, 0.25) is 0 Å². The number of carbonyl (C=O) groups excluding carboxylic acids is 1. The SMILES string of the molecule is CN(CCCCN)C(=N)NC1CCCN1C(=O)[C@H](N)Cc1ccccc1. The zero-order chi connectivity index (χ0) is 18.9. The summed E-state index contributed by atoms with van der Waals surface area (Å²) in [6.45, 7) is 2.12. The van der Waals surface area contributed by atoms with E-state index in [2.05, 4.69) is 5.32 Å². The lowest BCUT2D eigenvalue weighted by molar-refractivity contribution is -0.133. The van der Waals surface area contributed by atoms with E-state index in [1.165, 1.54) is 0 Å². The van der Waals surface area contributed by atoms with Gasteiger partial charge in [-0.05, 0) is 44.2 Å². The zero-order valence-electron chi connectivity index (χ0n) is 15.7. The molecule has 2 rings (SSSR count). The average Bonchev–Trinajstić information content (AvgIpc) is 3.10. The topological polar surface area (TPSA) is 111 Å². The van der Waals surface area contributed by atoms with E-state index in [9.17, 15) is 4.79 Å². The molecule has 7 nitrogen and oxygen atoms in total. The van der Waals surface area contributed by atoms with Gasteiger partial charge in [0.25, 0.3) is 0 Å². The summed E-state index contributed by atoms with van der Waals surface area (Å²) in [6.07, 6.45) is 4.02. The Labute approximate surface area is 156 Å². The number of nitrogens with two attached hydrogens (primary N) is 2. The molecule has 1 aromatic carbocycles. The number of guanidine groups is 1. The van der Waals surface area contributed by atoms with Gasteiger partial charge in [-0.3, -0.25) is 10.2 Å². The molecule has 6 N–H and O–H groups in total.